The zero-order chi connectivity index (χ0) is 11.0. The van der Waals surface area contributed by atoms with Gasteiger partial charge in [-0.1, -0.05) is 6.58 Å². The first-order chi connectivity index (χ1) is 6.28. The Morgan fingerprint density at radius 2 is 2.21 bits per heavy atom. The maximum absolute atomic E-state index is 12.9. The second kappa shape index (κ2) is 3.56. The van der Waals surface area contributed by atoms with Crippen LogP contribution >= 0.6 is 0 Å². The molecule has 1 heterocycles. The van der Waals surface area contributed by atoms with Crippen molar-refractivity contribution in [1.82, 2.24) is 0 Å². The molecule has 14 heavy (non-hydrogen) atoms. The molecule has 0 aromatic carbocycles. The smallest absolute Gasteiger partial charge is 0.294 e. The lowest BCUT2D eigenvalue weighted by molar-refractivity contribution is -0.176. The zero-order valence-corrected chi connectivity index (χ0v) is 8.17. The Bertz CT molecular complexity index is 228. The number of hydrogen-bond acceptors (Lipinski definition) is 3. The lowest BCUT2D eigenvalue weighted by Gasteiger charge is -2.24. The van der Waals surface area contributed by atoms with Crippen LogP contribution in [-0.4, -0.2) is 35.6 Å². The maximum Gasteiger partial charge on any atom is 0.294 e. The second-order valence-electron chi connectivity index (χ2n) is 3.69. The van der Waals surface area contributed by atoms with Crippen LogP contribution in [-0.2, 0) is 9.47 Å². The molecule has 5 heteroatoms. The van der Waals surface area contributed by atoms with E-state index >= 15 is 0 Å². The van der Waals surface area contributed by atoms with Crippen LogP contribution in [0.1, 0.15) is 13.8 Å². The Morgan fingerprint density at radius 1 is 1.64 bits per heavy atom. The van der Waals surface area contributed by atoms with Gasteiger partial charge in [-0.05, 0) is 19.9 Å². The summed E-state index contributed by atoms with van der Waals surface area (Å²) >= 11 is 0. The third-order valence-corrected chi connectivity index (χ3v) is 2.05. The normalized spacial score (nSPS) is 28.8. The van der Waals surface area contributed by atoms with Gasteiger partial charge in [0.1, 0.15) is 12.2 Å². The molecule has 0 aliphatic carbocycles. The topological polar surface area (TPSA) is 38.7 Å². The molecule has 1 N–H and O–H groups in total. The van der Waals surface area contributed by atoms with Crippen molar-refractivity contribution in [1.29, 1.82) is 0 Å². The van der Waals surface area contributed by atoms with Crippen LogP contribution in [0.2, 0.25) is 0 Å². The maximum atomic E-state index is 12.9. The Kier molecular flexibility index (Phi) is 2.94. The molecule has 82 valence electrons. The van der Waals surface area contributed by atoms with Gasteiger partial charge in [-0.15, -0.1) is 0 Å². The van der Waals surface area contributed by atoms with Crippen molar-refractivity contribution >= 4 is 0 Å². The van der Waals surface area contributed by atoms with Gasteiger partial charge in [0.15, 0.2) is 5.79 Å². The molecule has 1 aliphatic heterocycles. The average molecular weight is 208 g/mol. The number of alkyl halides is 2. The largest absolute Gasteiger partial charge is 0.384 e. The van der Waals surface area contributed by atoms with Crippen molar-refractivity contribution in [2.24, 2.45) is 0 Å². The lowest BCUT2D eigenvalue weighted by Crippen LogP contribution is -2.43. The predicted molar refractivity (Wildman–Crippen MR) is 46.1 cm³/mol. The number of aliphatic hydroxyl groups excluding tert-OH is 1. The summed E-state index contributed by atoms with van der Waals surface area (Å²) in [6.07, 6.45) is -2.52. The Balaban J connectivity index is 2.64. The fourth-order valence-corrected chi connectivity index (χ4v) is 1.24. The molecule has 0 spiro atoms. The van der Waals surface area contributed by atoms with Crippen LogP contribution in [0.3, 0.4) is 0 Å². The summed E-state index contributed by atoms with van der Waals surface area (Å²) in [5.41, 5.74) is 0. The van der Waals surface area contributed by atoms with Gasteiger partial charge in [0.2, 0.25) is 0 Å². The molecular weight excluding hydrogens is 194 g/mol. The van der Waals surface area contributed by atoms with Gasteiger partial charge < -0.3 is 14.6 Å². The zero-order valence-electron chi connectivity index (χ0n) is 8.17. The second-order valence-corrected chi connectivity index (χ2v) is 3.69. The quantitative estimate of drug-likeness (QED) is 0.711. The minimum absolute atomic E-state index is 0.0441. The third-order valence-electron chi connectivity index (χ3n) is 2.05. The number of halogens is 2. The summed E-state index contributed by atoms with van der Waals surface area (Å²) in [6.45, 7) is 6.12. The van der Waals surface area contributed by atoms with E-state index in [1.54, 1.807) is 13.8 Å². The highest BCUT2D eigenvalue weighted by atomic mass is 19.3. The third kappa shape index (κ3) is 2.29. The SMILES string of the molecule is C=CC(F)(F)[C@H](O)[C@H]1COC(C)(C)O1. The van der Waals surface area contributed by atoms with Crippen LogP contribution in [0.15, 0.2) is 12.7 Å². The van der Waals surface area contributed by atoms with Crippen LogP contribution in [0.5, 0.6) is 0 Å². The van der Waals surface area contributed by atoms with Crippen LogP contribution in [0.4, 0.5) is 8.78 Å². The molecule has 0 unspecified atom stereocenters. The van der Waals surface area contributed by atoms with Gasteiger partial charge in [-0.2, -0.15) is 8.78 Å². The van der Waals surface area contributed by atoms with Crippen molar-refractivity contribution < 1.29 is 23.4 Å². The Hall–Kier alpha value is -0.520. The number of hydrogen-bond donors (Lipinski definition) is 1. The molecular formula is C9H14F2O3. The van der Waals surface area contributed by atoms with Gasteiger partial charge in [0, 0.05) is 0 Å². The highest BCUT2D eigenvalue weighted by Gasteiger charge is 2.46. The fraction of sp³-hybridized carbons (Fsp3) is 0.778. The Morgan fingerprint density at radius 3 is 2.57 bits per heavy atom. The van der Waals surface area contributed by atoms with Crippen molar-refractivity contribution in [3.05, 3.63) is 12.7 Å². The molecule has 0 aromatic heterocycles. The first-order valence-corrected chi connectivity index (χ1v) is 4.30. The van der Waals surface area contributed by atoms with Crippen molar-refractivity contribution in [2.75, 3.05) is 6.61 Å². The molecule has 0 amide bonds. The van der Waals surface area contributed by atoms with Gasteiger partial charge in [-0.25, -0.2) is 0 Å². The molecule has 1 fully saturated rings. The summed E-state index contributed by atoms with van der Waals surface area (Å²) in [5.74, 6) is -4.27. The highest BCUT2D eigenvalue weighted by molar-refractivity contribution is 4.97. The minimum atomic E-state index is -3.35. The minimum Gasteiger partial charge on any atom is -0.384 e. The van der Waals surface area contributed by atoms with E-state index in [0.29, 0.717) is 6.08 Å². The first kappa shape index (κ1) is 11.6. The average Bonchev–Trinajstić information content (AvgIpc) is 2.44. The molecule has 0 aromatic rings. The van der Waals surface area contributed by atoms with Crippen LogP contribution in [0, 0.1) is 0 Å². The predicted octanol–water partition coefficient (Wildman–Crippen LogP) is 1.32. The van der Waals surface area contributed by atoms with Crippen molar-refractivity contribution in [3.63, 3.8) is 0 Å². The van der Waals surface area contributed by atoms with Gasteiger partial charge in [0.25, 0.3) is 5.92 Å². The highest BCUT2D eigenvalue weighted by Crippen LogP contribution is 2.31. The van der Waals surface area contributed by atoms with Gasteiger partial charge >= 0.3 is 0 Å². The molecule has 0 bridgehead atoms. The molecule has 1 aliphatic rings. The van der Waals surface area contributed by atoms with Gasteiger partial charge in [-0.3, -0.25) is 0 Å². The molecule has 1 saturated heterocycles. The van der Waals surface area contributed by atoms with E-state index in [-0.39, 0.29) is 6.61 Å². The van der Waals surface area contributed by atoms with E-state index in [4.69, 9.17) is 9.47 Å². The Labute approximate surface area is 81.3 Å². The first-order valence-electron chi connectivity index (χ1n) is 4.30. The molecule has 0 radical (unpaired) electrons. The standard InChI is InChI=1S/C9H14F2O3/c1-4-9(10,11)7(12)6-5-13-8(2,3)14-6/h4,6-7,12H,1,5H2,2-3H3/t6-,7-/m1/s1. The summed E-state index contributed by atoms with van der Waals surface area (Å²) in [7, 11) is 0. The number of ether oxygens (including phenoxy) is 2. The molecule has 2 atom stereocenters. The monoisotopic (exact) mass is 208 g/mol. The van der Waals surface area contributed by atoms with Crippen molar-refractivity contribution in [2.45, 2.75) is 37.8 Å². The summed E-state index contributed by atoms with van der Waals surface area (Å²) in [5, 5.41) is 9.28. The van der Waals surface area contributed by atoms with E-state index in [0.717, 1.165) is 0 Å². The fourth-order valence-electron chi connectivity index (χ4n) is 1.24. The van der Waals surface area contributed by atoms with E-state index in [1.165, 1.54) is 0 Å². The summed E-state index contributed by atoms with van der Waals surface area (Å²) in [4.78, 5) is 0. The molecule has 1 rings (SSSR count). The number of rotatable bonds is 3. The van der Waals surface area contributed by atoms with Crippen LogP contribution < -0.4 is 0 Å². The summed E-state index contributed by atoms with van der Waals surface area (Å²) < 4.78 is 36.1. The lowest BCUT2D eigenvalue weighted by atomic mass is 10.1. The van der Waals surface area contributed by atoms with Gasteiger partial charge in [0.05, 0.1) is 6.61 Å². The number of aliphatic hydroxyl groups is 1. The van der Waals surface area contributed by atoms with E-state index in [9.17, 15) is 13.9 Å². The van der Waals surface area contributed by atoms with E-state index in [2.05, 4.69) is 6.58 Å². The van der Waals surface area contributed by atoms with E-state index < -0.39 is 23.9 Å². The summed E-state index contributed by atoms with van der Waals surface area (Å²) in [6, 6.07) is 0. The molecule has 3 nitrogen and oxygen atoms in total. The van der Waals surface area contributed by atoms with Crippen LogP contribution in [0.25, 0.3) is 0 Å². The van der Waals surface area contributed by atoms with E-state index in [1.807, 2.05) is 0 Å². The van der Waals surface area contributed by atoms with Crippen molar-refractivity contribution in [3.8, 4) is 0 Å². The molecule has 0 saturated carbocycles.